The fourth-order valence-electron chi connectivity index (χ4n) is 2.60. The number of ketones is 1. The van der Waals surface area contributed by atoms with Crippen molar-refractivity contribution < 1.29 is 18.7 Å². The van der Waals surface area contributed by atoms with Crippen LogP contribution in [0.25, 0.3) is 6.08 Å². The SMILES string of the molecule is COc1cc(/C=C(\C#N)C(=O)c2ccoc2C)ccc1OCc1csc(C)n1. The van der Waals surface area contributed by atoms with Gasteiger partial charge in [-0.2, -0.15) is 5.26 Å². The van der Waals surface area contributed by atoms with Gasteiger partial charge in [0.05, 0.1) is 29.6 Å². The summed E-state index contributed by atoms with van der Waals surface area (Å²) in [6.07, 6.45) is 2.95. The molecule has 28 heavy (non-hydrogen) atoms. The minimum Gasteiger partial charge on any atom is -0.493 e. The van der Waals surface area contributed by atoms with E-state index in [1.165, 1.54) is 19.4 Å². The van der Waals surface area contributed by atoms with Gasteiger partial charge in [0, 0.05) is 5.38 Å². The zero-order valence-electron chi connectivity index (χ0n) is 15.7. The van der Waals surface area contributed by atoms with Crippen molar-refractivity contribution in [3.8, 4) is 17.6 Å². The van der Waals surface area contributed by atoms with Crippen LogP contribution in [0, 0.1) is 25.2 Å². The van der Waals surface area contributed by atoms with E-state index in [1.807, 2.05) is 18.4 Å². The summed E-state index contributed by atoms with van der Waals surface area (Å²) >= 11 is 1.56. The van der Waals surface area contributed by atoms with Crippen LogP contribution < -0.4 is 9.47 Å². The molecule has 7 heteroatoms. The molecule has 0 spiro atoms. The smallest absolute Gasteiger partial charge is 0.207 e. The van der Waals surface area contributed by atoms with Crippen molar-refractivity contribution in [2.24, 2.45) is 0 Å². The lowest BCUT2D eigenvalue weighted by atomic mass is 10.0. The first-order valence-electron chi connectivity index (χ1n) is 8.44. The molecule has 142 valence electrons. The molecule has 0 bridgehead atoms. The molecule has 6 nitrogen and oxygen atoms in total. The summed E-state index contributed by atoms with van der Waals surface area (Å²) in [6.45, 7) is 3.95. The van der Waals surface area contributed by atoms with Gasteiger partial charge in [-0.3, -0.25) is 4.79 Å². The number of allylic oxidation sites excluding steroid dienone is 1. The van der Waals surface area contributed by atoms with Crippen molar-refractivity contribution in [2.45, 2.75) is 20.5 Å². The summed E-state index contributed by atoms with van der Waals surface area (Å²) in [7, 11) is 1.54. The number of carbonyl (C=O) groups is 1. The lowest BCUT2D eigenvalue weighted by Gasteiger charge is -2.10. The summed E-state index contributed by atoms with van der Waals surface area (Å²) in [5, 5.41) is 12.3. The van der Waals surface area contributed by atoms with E-state index >= 15 is 0 Å². The highest BCUT2D eigenvalue weighted by molar-refractivity contribution is 7.09. The minimum absolute atomic E-state index is 0.0122. The highest BCUT2D eigenvalue weighted by Crippen LogP contribution is 2.30. The number of hydrogen-bond donors (Lipinski definition) is 0. The maximum atomic E-state index is 12.5. The normalized spacial score (nSPS) is 11.1. The zero-order chi connectivity index (χ0) is 20.1. The molecule has 0 aliphatic carbocycles. The van der Waals surface area contributed by atoms with E-state index in [9.17, 15) is 10.1 Å². The largest absolute Gasteiger partial charge is 0.493 e. The fourth-order valence-corrected chi connectivity index (χ4v) is 3.20. The van der Waals surface area contributed by atoms with Gasteiger partial charge >= 0.3 is 0 Å². The van der Waals surface area contributed by atoms with Crippen molar-refractivity contribution in [2.75, 3.05) is 7.11 Å². The van der Waals surface area contributed by atoms with Gasteiger partial charge < -0.3 is 13.9 Å². The predicted octanol–water partition coefficient (Wildman–Crippen LogP) is 4.73. The van der Waals surface area contributed by atoms with Crippen LogP contribution >= 0.6 is 11.3 Å². The van der Waals surface area contributed by atoms with E-state index in [1.54, 1.807) is 42.5 Å². The maximum absolute atomic E-state index is 12.5. The second-order valence-corrected chi connectivity index (χ2v) is 7.01. The lowest BCUT2D eigenvalue weighted by molar-refractivity contribution is 0.103. The third-order valence-corrected chi connectivity index (χ3v) is 4.83. The van der Waals surface area contributed by atoms with Gasteiger partial charge in [0.1, 0.15) is 24.0 Å². The summed E-state index contributed by atoms with van der Waals surface area (Å²) < 4.78 is 16.3. The number of thiazole rings is 1. The van der Waals surface area contributed by atoms with Crippen LogP contribution in [0.2, 0.25) is 0 Å². The predicted molar refractivity (Wildman–Crippen MR) is 106 cm³/mol. The van der Waals surface area contributed by atoms with Crippen LogP contribution in [0.4, 0.5) is 0 Å². The van der Waals surface area contributed by atoms with E-state index in [4.69, 9.17) is 13.9 Å². The lowest BCUT2D eigenvalue weighted by Crippen LogP contribution is -2.02. The summed E-state index contributed by atoms with van der Waals surface area (Å²) in [4.78, 5) is 16.9. The van der Waals surface area contributed by atoms with E-state index in [-0.39, 0.29) is 11.4 Å². The van der Waals surface area contributed by atoms with E-state index in [0.29, 0.717) is 35.0 Å². The number of Topliss-reactive ketones (excluding diaryl/α,β-unsaturated/α-hetero) is 1. The minimum atomic E-state index is -0.382. The number of carbonyl (C=O) groups excluding carboxylic acids is 1. The molecule has 2 aromatic heterocycles. The molecular weight excluding hydrogens is 376 g/mol. The van der Waals surface area contributed by atoms with Crippen molar-refractivity contribution in [1.82, 2.24) is 4.98 Å². The number of rotatable bonds is 7. The second-order valence-electron chi connectivity index (χ2n) is 5.95. The van der Waals surface area contributed by atoms with Gasteiger partial charge in [-0.1, -0.05) is 6.07 Å². The fraction of sp³-hybridized carbons (Fsp3) is 0.190. The van der Waals surface area contributed by atoms with Gasteiger partial charge in [0.25, 0.3) is 0 Å². The Morgan fingerprint density at radius 2 is 2.14 bits per heavy atom. The Balaban J connectivity index is 1.82. The zero-order valence-corrected chi connectivity index (χ0v) is 16.5. The number of methoxy groups -OCH3 is 1. The standard InChI is InChI=1S/C21H18N2O4S/c1-13-18(6-7-26-13)21(24)16(10-22)8-15-4-5-19(20(9-15)25-3)27-11-17-12-28-14(2)23-17/h4-9,12H,11H2,1-3H3/b16-8+. The van der Waals surface area contributed by atoms with E-state index in [2.05, 4.69) is 4.98 Å². The second kappa shape index (κ2) is 8.55. The van der Waals surface area contributed by atoms with Crippen LogP contribution in [0.1, 0.15) is 32.4 Å². The molecule has 0 N–H and O–H groups in total. The first-order valence-corrected chi connectivity index (χ1v) is 9.32. The number of furan rings is 1. The maximum Gasteiger partial charge on any atom is 0.207 e. The Morgan fingerprint density at radius 1 is 1.32 bits per heavy atom. The van der Waals surface area contributed by atoms with Crippen LogP contribution in [0.5, 0.6) is 11.5 Å². The Hall–Kier alpha value is -3.37. The van der Waals surface area contributed by atoms with E-state index < -0.39 is 0 Å². The quantitative estimate of drug-likeness (QED) is 0.327. The van der Waals surface area contributed by atoms with Gasteiger partial charge in [-0.15, -0.1) is 11.3 Å². The number of nitriles is 1. The number of aromatic nitrogens is 1. The molecule has 0 aliphatic rings. The molecule has 0 fully saturated rings. The monoisotopic (exact) mass is 394 g/mol. The molecule has 3 aromatic rings. The Morgan fingerprint density at radius 3 is 2.75 bits per heavy atom. The average Bonchev–Trinajstić information content (AvgIpc) is 3.32. The first kappa shape index (κ1) is 19.4. The number of hydrogen-bond acceptors (Lipinski definition) is 7. The number of nitrogens with zero attached hydrogens (tertiary/aromatic N) is 2. The number of benzene rings is 1. The third kappa shape index (κ3) is 4.30. The van der Waals surface area contributed by atoms with Crippen molar-refractivity contribution in [3.05, 3.63) is 69.1 Å². The Bertz CT molecular complexity index is 1070. The third-order valence-electron chi connectivity index (χ3n) is 4.01. The Labute approximate surface area is 166 Å². The van der Waals surface area contributed by atoms with Crippen LogP contribution in [-0.2, 0) is 6.61 Å². The Kier molecular flexibility index (Phi) is 5.92. The molecule has 0 unspecified atom stereocenters. The molecule has 0 saturated carbocycles. The summed E-state index contributed by atoms with van der Waals surface area (Å²) in [5.74, 6) is 1.16. The molecule has 0 saturated heterocycles. The molecule has 2 heterocycles. The van der Waals surface area contributed by atoms with Crippen molar-refractivity contribution in [3.63, 3.8) is 0 Å². The van der Waals surface area contributed by atoms with Crippen LogP contribution in [0.15, 0.2) is 45.9 Å². The molecule has 1 aromatic carbocycles. The first-order chi connectivity index (χ1) is 13.5. The highest BCUT2D eigenvalue weighted by atomic mass is 32.1. The van der Waals surface area contributed by atoms with Crippen LogP contribution in [0.3, 0.4) is 0 Å². The highest BCUT2D eigenvalue weighted by Gasteiger charge is 2.17. The molecule has 3 rings (SSSR count). The van der Waals surface area contributed by atoms with Gasteiger partial charge in [0.15, 0.2) is 11.5 Å². The van der Waals surface area contributed by atoms with Gasteiger partial charge in [-0.05, 0) is 43.7 Å². The number of ether oxygens (including phenoxy) is 2. The number of aryl methyl sites for hydroxylation is 2. The average molecular weight is 394 g/mol. The summed E-state index contributed by atoms with van der Waals surface area (Å²) in [5.41, 5.74) is 1.89. The van der Waals surface area contributed by atoms with E-state index in [0.717, 1.165) is 10.7 Å². The van der Waals surface area contributed by atoms with Crippen LogP contribution in [-0.4, -0.2) is 17.9 Å². The van der Waals surface area contributed by atoms with Crippen molar-refractivity contribution in [1.29, 1.82) is 5.26 Å². The molecule has 0 radical (unpaired) electrons. The molecule has 0 atom stereocenters. The topological polar surface area (TPSA) is 85.3 Å². The summed E-state index contributed by atoms with van der Waals surface area (Å²) in [6, 6.07) is 8.73. The molecule has 0 aliphatic heterocycles. The van der Waals surface area contributed by atoms with Gasteiger partial charge in [0.2, 0.25) is 5.78 Å². The van der Waals surface area contributed by atoms with Gasteiger partial charge in [-0.25, -0.2) is 4.98 Å². The molecular formula is C21H18N2O4S. The molecule has 0 amide bonds. The van der Waals surface area contributed by atoms with Crippen molar-refractivity contribution >= 4 is 23.2 Å².